The molecule has 9 heteroatoms. The molecule has 0 aliphatic heterocycles. The number of benzene rings is 2. The van der Waals surface area contributed by atoms with Gasteiger partial charge in [0.15, 0.2) is 4.90 Å². The summed E-state index contributed by atoms with van der Waals surface area (Å²) in [5.41, 5.74) is 2.70. The first-order chi connectivity index (χ1) is 13.2. The maximum absolute atomic E-state index is 13.0. The lowest BCUT2D eigenvalue weighted by atomic mass is 10.2. The first-order valence-electron chi connectivity index (χ1n) is 8.53. The van der Waals surface area contributed by atoms with Crippen molar-refractivity contribution in [1.29, 1.82) is 0 Å². The van der Waals surface area contributed by atoms with Crippen molar-refractivity contribution in [3.05, 3.63) is 81.7 Å². The molecule has 0 saturated heterocycles. The van der Waals surface area contributed by atoms with Crippen LogP contribution in [-0.4, -0.2) is 34.5 Å². The van der Waals surface area contributed by atoms with Crippen molar-refractivity contribution in [2.24, 2.45) is 0 Å². The highest BCUT2D eigenvalue weighted by molar-refractivity contribution is 7.89. The zero-order valence-electron chi connectivity index (χ0n) is 15.7. The predicted molar refractivity (Wildman–Crippen MR) is 105 cm³/mol. The number of nitrogens with zero attached hydrogens (tertiary/aromatic N) is 4. The number of para-hydroxylation sites is 2. The molecule has 146 valence electrons. The quantitative estimate of drug-likeness (QED) is 0.467. The van der Waals surface area contributed by atoms with Crippen LogP contribution in [0.1, 0.15) is 17.0 Å². The molecule has 0 fully saturated rings. The topological polar surface area (TPSA) is 98.3 Å². The summed E-state index contributed by atoms with van der Waals surface area (Å²) < 4.78 is 28.8. The molecule has 2 aromatic carbocycles. The van der Waals surface area contributed by atoms with Gasteiger partial charge in [-0.25, -0.2) is 13.1 Å². The van der Waals surface area contributed by atoms with E-state index in [1.807, 2.05) is 44.2 Å². The molecule has 0 amide bonds. The molecule has 0 unspecified atom stereocenters. The molecule has 0 N–H and O–H groups in total. The van der Waals surface area contributed by atoms with Crippen molar-refractivity contribution < 1.29 is 13.3 Å². The lowest BCUT2D eigenvalue weighted by molar-refractivity contribution is -0.387. The highest BCUT2D eigenvalue weighted by atomic mass is 32.2. The zero-order valence-corrected chi connectivity index (χ0v) is 16.5. The molecule has 1 heterocycles. The van der Waals surface area contributed by atoms with E-state index < -0.39 is 20.6 Å². The summed E-state index contributed by atoms with van der Waals surface area (Å²) >= 11 is 0. The van der Waals surface area contributed by atoms with Crippen LogP contribution >= 0.6 is 0 Å². The largest absolute Gasteiger partial charge is 0.289 e. The van der Waals surface area contributed by atoms with Crippen molar-refractivity contribution in [3.8, 4) is 5.69 Å². The van der Waals surface area contributed by atoms with Crippen LogP contribution in [0.4, 0.5) is 5.69 Å². The molecule has 28 heavy (non-hydrogen) atoms. The number of aryl methyl sites for hydroxylation is 1. The van der Waals surface area contributed by atoms with Gasteiger partial charge in [-0.3, -0.25) is 10.1 Å². The van der Waals surface area contributed by atoms with E-state index in [9.17, 15) is 18.5 Å². The number of nitro benzene ring substituents is 1. The van der Waals surface area contributed by atoms with Gasteiger partial charge in [0.1, 0.15) is 0 Å². The van der Waals surface area contributed by atoms with Gasteiger partial charge in [0, 0.05) is 30.9 Å². The molecule has 0 spiro atoms. The summed E-state index contributed by atoms with van der Waals surface area (Å²) in [7, 11) is -2.64. The van der Waals surface area contributed by atoms with E-state index >= 15 is 0 Å². The van der Waals surface area contributed by atoms with Crippen LogP contribution in [0, 0.1) is 24.0 Å². The minimum absolute atomic E-state index is 0.0544. The van der Waals surface area contributed by atoms with Crippen LogP contribution in [0.15, 0.2) is 59.5 Å². The Balaban J connectivity index is 1.97. The fourth-order valence-electron chi connectivity index (χ4n) is 3.03. The number of nitro groups is 1. The highest BCUT2D eigenvalue weighted by Gasteiger charge is 2.30. The van der Waals surface area contributed by atoms with Crippen molar-refractivity contribution in [3.63, 3.8) is 0 Å². The molecule has 0 saturated carbocycles. The summed E-state index contributed by atoms with van der Waals surface area (Å²) in [6.07, 6.45) is 0. The Hall–Kier alpha value is -3.04. The van der Waals surface area contributed by atoms with Crippen LogP contribution in [0.3, 0.4) is 0 Å². The van der Waals surface area contributed by atoms with Gasteiger partial charge in [0.2, 0.25) is 10.0 Å². The van der Waals surface area contributed by atoms with E-state index in [1.165, 1.54) is 31.3 Å². The second kappa shape index (κ2) is 7.53. The van der Waals surface area contributed by atoms with E-state index in [4.69, 9.17) is 0 Å². The van der Waals surface area contributed by atoms with Gasteiger partial charge in [-0.15, -0.1) is 0 Å². The molecule has 0 radical (unpaired) electrons. The SMILES string of the molecule is Cc1nn(-c2ccccc2)c(C)c1CN(C)S(=O)(=O)c1ccccc1[N+](=O)[O-]. The van der Waals surface area contributed by atoms with E-state index in [-0.39, 0.29) is 11.4 Å². The molecule has 0 atom stereocenters. The van der Waals surface area contributed by atoms with E-state index in [1.54, 1.807) is 4.68 Å². The Morgan fingerprint density at radius 3 is 2.32 bits per heavy atom. The van der Waals surface area contributed by atoms with Gasteiger partial charge in [-0.2, -0.15) is 9.40 Å². The maximum Gasteiger partial charge on any atom is 0.289 e. The Kier molecular flexibility index (Phi) is 5.30. The minimum atomic E-state index is -4.05. The fraction of sp³-hybridized carbons (Fsp3) is 0.211. The Morgan fingerprint density at radius 2 is 1.68 bits per heavy atom. The van der Waals surface area contributed by atoms with Gasteiger partial charge in [-0.05, 0) is 32.0 Å². The number of aromatic nitrogens is 2. The first kappa shape index (κ1) is 19.7. The Labute approximate surface area is 163 Å². The molecule has 0 bridgehead atoms. The van der Waals surface area contributed by atoms with Gasteiger partial charge in [0.05, 0.1) is 16.3 Å². The lowest BCUT2D eigenvalue weighted by Gasteiger charge is -2.17. The lowest BCUT2D eigenvalue weighted by Crippen LogP contribution is -2.27. The summed E-state index contributed by atoms with van der Waals surface area (Å²) in [5.74, 6) is 0. The number of hydrogen-bond acceptors (Lipinski definition) is 5. The number of hydrogen-bond donors (Lipinski definition) is 0. The van der Waals surface area contributed by atoms with Gasteiger partial charge >= 0.3 is 0 Å². The van der Waals surface area contributed by atoms with Gasteiger partial charge in [0.25, 0.3) is 5.69 Å². The van der Waals surface area contributed by atoms with Crippen LogP contribution < -0.4 is 0 Å². The molecular formula is C19H20N4O4S. The third-order valence-corrected chi connectivity index (χ3v) is 6.42. The van der Waals surface area contributed by atoms with E-state index in [2.05, 4.69) is 5.10 Å². The maximum atomic E-state index is 13.0. The van der Waals surface area contributed by atoms with E-state index in [0.29, 0.717) is 5.69 Å². The normalized spacial score (nSPS) is 11.7. The van der Waals surface area contributed by atoms with Crippen molar-refractivity contribution in [1.82, 2.24) is 14.1 Å². The van der Waals surface area contributed by atoms with Crippen molar-refractivity contribution in [2.75, 3.05) is 7.05 Å². The zero-order chi connectivity index (χ0) is 20.5. The third-order valence-electron chi connectivity index (χ3n) is 4.57. The Bertz CT molecular complexity index is 1120. The summed E-state index contributed by atoms with van der Waals surface area (Å²) in [4.78, 5) is 10.2. The fourth-order valence-corrected chi connectivity index (χ4v) is 4.32. The highest BCUT2D eigenvalue weighted by Crippen LogP contribution is 2.27. The second-order valence-electron chi connectivity index (χ2n) is 6.38. The molecule has 3 aromatic rings. The first-order valence-corrected chi connectivity index (χ1v) is 9.97. The molecule has 1 aromatic heterocycles. The average Bonchev–Trinajstić information content (AvgIpc) is 2.96. The predicted octanol–water partition coefficient (Wildman–Crippen LogP) is 3.22. The molecule has 3 rings (SSSR count). The number of sulfonamides is 1. The summed E-state index contributed by atoms with van der Waals surface area (Å²) in [5, 5.41) is 15.7. The van der Waals surface area contributed by atoms with E-state index in [0.717, 1.165) is 21.2 Å². The van der Waals surface area contributed by atoms with Crippen molar-refractivity contribution >= 4 is 15.7 Å². The monoisotopic (exact) mass is 400 g/mol. The second-order valence-corrected chi connectivity index (χ2v) is 8.40. The standard InChI is InChI=1S/C19H20N4O4S/c1-14-17(15(2)22(20-14)16-9-5-4-6-10-16)13-21(3)28(26,27)19-12-8-7-11-18(19)23(24)25/h4-12H,13H2,1-3H3. The molecule has 8 nitrogen and oxygen atoms in total. The Morgan fingerprint density at radius 1 is 1.07 bits per heavy atom. The van der Waals surface area contributed by atoms with Gasteiger partial charge in [-0.1, -0.05) is 30.3 Å². The average molecular weight is 400 g/mol. The third kappa shape index (κ3) is 3.54. The molecule has 0 aliphatic rings. The summed E-state index contributed by atoms with van der Waals surface area (Å²) in [6.45, 7) is 3.74. The van der Waals surface area contributed by atoms with Crippen LogP contribution in [0.2, 0.25) is 0 Å². The van der Waals surface area contributed by atoms with Crippen molar-refractivity contribution in [2.45, 2.75) is 25.3 Å². The molecular weight excluding hydrogens is 380 g/mol. The van der Waals surface area contributed by atoms with Crippen LogP contribution in [0.5, 0.6) is 0 Å². The summed E-state index contributed by atoms with van der Waals surface area (Å²) in [6, 6.07) is 14.9. The molecule has 0 aliphatic carbocycles. The van der Waals surface area contributed by atoms with Gasteiger partial charge < -0.3 is 0 Å². The van der Waals surface area contributed by atoms with Crippen LogP contribution in [0.25, 0.3) is 5.69 Å². The minimum Gasteiger partial charge on any atom is -0.258 e. The smallest absolute Gasteiger partial charge is 0.258 e. The number of rotatable bonds is 6. The van der Waals surface area contributed by atoms with Crippen LogP contribution in [-0.2, 0) is 16.6 Å².